The summed E-state index contributed by atoms with van der Waals surface area (Å²) in [5, 5.41) is 12.6. The van der Waals surface area contributed by atoms with Gasteiger partial charge in [-0.2, -0.15) is 0 Å². The molecule has 5 heteroatoms. The van der Waals surface area contributed by atoms with Gasteiger partial charge in [0, 0.05) is 12.1 Å². The van der Waals surface area contributed by atoms with Crippen molar-refractivity contribution in [3.8, 4) is 0 Å². The lowest BCUT2D eigenvalue weighted by atomic mass is 9.75. The number of hydrogen-bond donors (Lipinski definition) is 3. The molecule has 5 nitrogen and oxygen atoms in total. The van der Waals surface area contributed by atoms with E-state index in [9.17, 15) is 14.7 Å². The number of hydrogen-bond acceptors (Lipinski definition) is 3. The van der Waals surface area contributed by atoms with Crippen LogP contribution in [0.1, 0.15) is 28.9 Å². The van der Waals surface area contributed by atoms with Gasteiger partial charge in [-0.05, 0) is 36.8 Å². The molecule has 3 rings (SSSR count). The molecule has 120 valence electrons. The molecule has 1 aliphatic rings. The summed E-state index contributed by atoms with van der Waals surface area (Å²) in [6, 6.07) is 14.4. The second-order valence-electron chi connectivity index (χ2n) is 6.08. The summed E-state index contributed by atoms with van der Waals surface area (Å²) in [4.78, 5) is 26.3. The van der Waals surface area contributed by atoms with Crippen LogP contribution in [-0.2, 0) is 6.42 Å². The molecular weight excluding hydrogens is 292 g/mol. The first-order chi connectivity index (χ1) is 11.1. The van der Waals surface area contributed by atoms with Crippen LogP contribution in [0.3, 0.4) is 0 Å². The van der Waals surface area contributed by atoms with E-state index in [0.717, 1.165) is 5.56 Å². The van der Waals surface area contributed by atoms with E-state index < -0.39 is 0 Å². The van der Waals surface area contributed by atoms with E-state index >= 15 is 0 Å². The molecule has 1 fully saturated rings. The van der Waals surface area contributed by atoms with E-state index in [4.69, 9.17) is 0 Å². The van der Waals surface area contributed by atoms with Crippen molar-refractivity contribution in [2.75, 3.05) is 0 Å². The summed E-state index contributed by atoms with van der Waals surface area (Å²) in [7, 11) is 0. The largest absolute Gasteiger partial charge is 0.393 e. The van der Waals surface area contributed by atoms with Crippen molar-refractivity contribution in [1.29, 1.82) is 0 Å². The smallest absolute Gasteiger partial charge is 0.268 e. The number of carbonyl (C=O) groups excluding carboxylic acids is 1. The molecule has 0 unspecified atom stereocenters. The van der Waals surface area contributed by atoms with E-state index in [1.165, 1.54) is 6.07 Å². The summed E-state index contributed by atoms with van der Waals surface area (Å²) >= 11 is 0. The van der Waals surface area contributed by atoms with Crippen molar-refractivity contribution in [3.63, 3.8) is 0 Å². The Morgan fingerprint density at radius 3 is 2.57 bits per heavy atom. The van der Waals surface area contributed by atoms with E-state index in [1.54, 1.807) is 12.1 Å². The number of rotatable bonds is 5. The fraction of sp³-hybridized carbons (Fsp3) is 0.333. The third kappa shape index (κ3) is 3.87. The molecule has 23 heavy (non-hydrogen) atoms. The Kier molecular flexibility index (Phi) is 4.57. The Morgan fingerprint density at radius 2 is 1.91 bits per heavy atom. The topological polar surface area (TPSA) is 82.2 Å². The quantitative estimate of drug-likeness (QED) is 0.782. The summed E-state index contributed by atoms with van der Waals surface area (Å²) < 4.78 is 0. The highest BCUT2D eigenvalue weighted by molar-refractivity contribution is 5.92. The molecule has 3 N–H and O–H groups in total. The van der Waals surface area contributed by atoms with Crippen molar-refractivity contribution >= 4 is 5.91 Å². The summed E-state index contributed by atoms with van der Waals surface area (Å²) in [6.45, 7) is 0. The number of aliphatic hydroxyl groups excluding tert-OH is 1. The van der Waals surface area contributed by atoms with Gasteiger partial charge in [0.15, 0.2) is 0 Å². The SMILES string of the molecule is O=C(N[C@@H](Cc1ccccc1)C1CC(O)C1)c1cccc(=O)[nH]1. The Morgan fingerprint density at radius 1 is 1.17 bits per heavy atom. The molecule has 1 atom stereocenters. The second-order valence-corrected chi connectivity index (χ2v) is 6.08. The molecule has 1 aromatic heterocycles. The predicted molar refractivity (Wildman–Crippen MR) is 87.2 cm³/mol. The van der Waals surface area contributed by atoms with Crippen LogP contribution in [0.4, 0.5) is 0 Å². The van der Waals surface area contributed by atoms with Gasteiger partial charge in [-0.1, -0.05) is 36.4 Å². The first-order valence-corrected chi connectivity index (χ1v) is 7.84. The van der Waals surface area contributed by atoms with Gasteiger partial charge >= 0.3 is 0 Å². The Labute approximate surface area is 134 Å². The van der Waals surface area contributed by atoms with Crippen LogP contribution in [0.2, 0.25) is 0 Å². The number of pyridine rings is 1. The number of amides is 1. The minimum absolute atomic E-state index is 0.0583. The average Bonchev–Trinajstić information content (AvgIpc) is 2.52. The lowest BCUT2D eigenvalue weighted by Gasteiger charge is -2.38. The summed E-state index contributed by atoms with van der Waals surface area (Å²) in [5.41, 5.74) is 1.10. The first-order valence-electron chi connectivity index (χ1n) is 7.84. The molecule has 0 aliphatic heterocycles. The third-order valence-corrected chi connectivity index (χ3v) is 4.35. The fourth-order valence-electron chi connectivity index (χ4n) is 2.99. The highest BCUT2D eigenvalue weighted by Crippen LogP contribution is 2.31. The minimum Gasteiger partial charge on any atom is -0.393 e. The average molecular weight is 312 g/mol. The van der Waals surface area contributed by atoms with E-state index in [0.29, 0.717) is 19.3 Å². The highest BCUT2D eigenvalue weighted by Gasteiger charge is 2.34. The maximum Gasteiger partial charge on any atom is 0.268 e. The van der Waals surface area contributed by atoms with Crippen LogP contribution < -0.4 is 10.9 Å². The van der Waals surface area contributed by atoms with Crippen molar-refractivity contribution in [1.82, 2.24) is 10.3 Å². The maximum atomic E-state index is 12.4. The first kappa shape index (κ1) is 15.5. The summed E-state index contributed by atoms with van der Waals surface area (Å²) in [5.74, 6) is -0.0328. The number of aromatic nitrogens is 1. The van der Waals surface area contributed by atoms with Gasteiger partial charge in [-0.25, -0.2) is 0 Å². The molecule has 1 amide bonds. The monoisotopic (exact) mass is 312 g/mol. The van der Waals surface area contributed by atoms with Crippen molar-refractivity contribution in [2.24, 2.45) is 5.92 Å². The number of aromatic amines is 1. The zero-order chi connectivity index (χ0) is 16.2. The minimum atomic E-state index is -0.295. The van der Waals surface area contributed by atoms with Crippen LogP contribution in [0.25, 0.3) is 0 Å². The lowest BCUT2D eigenvalue weighted by Crippen LogP contribution is -2.48. The van der Waals surface area contributed by atoms with Gasteiger partial charge < -0.3 is 15.4 Å². The van der Waals surface area contributed by atoms with E-state index in [2.05, 4.69) is 10.3 Å². The number of aliphatic hydroxyl groups is 1. The second kappa shape index (κ2) is 6.79. The Bertz CT molecular complexity index is 720. The molecular formula is C18H20N2O3. The number of H-pyrrole nitrogens is 1. The Hall–Kier alpha value is -2.40. The van der Waals surface area contributed by atoms with Gasteiger partial charge in [-0.3, -0.25) is 9.59 Å². The molecule has 1 heterocycles. The van der Waals surface area contributed by atoms with E-state index in [-0.39, 0.29) is 35.2 Å². The van der Waals surface area contributed by atoms with Crippen LogP contribution in [0, 0.1) is 5.92 Å². The predicted octanol–water partition coefficient (Wildman–Crippen LogP) is 1.49. The standard InChI is InChI=1S/C18H20N2O3/c21-14-10-13(11-14)16(9-12-5-2-1-3-6-12)20-18(23)15-7-4-8-17(22)19-15/h1-8,13-14,16,21H,9-11H2,(H,19,22)(H,20,23)/t13?,14?,16-/m0/s1. The Balaban J connectivity index is 1.73. The third-order valence-electron chi connectivity index (χ3n) is 4.35. The molecule has 2 aromatic rings. The van der Waals surface area contributed by atoms with Crippen LogP contribution >= 0.6 is 0 Å². The number of benzene rings is 1. The molecule has 0 bridgehead atoms. The zero-order valence-corrected chi connectivity index (χ0v) is 12.7. The van der Waals surface area contributed by atoms with Gasteiger partial charge in [-0.15, -0.1) is 0 Å². The van der Waals surface area contributed by atoms with Gasteiger partial charge in [0.05, 0.1) is 6.10 Å². The fourth-order valence-corrected chi connectivity index (χ4v) is 2.99. The molecule has 0 saturated heterocycles. The van der Waals surface area contributed by atoms with E-state index in [1.807, 2.05) is 30.3 Å². The maximum absolute atomic E-state index is 12.4. The normalized spacial score (nSPS) is 21.3. The summed E-state index contributed by atoms with van der Waals surface area (Å²) in [6.07, 6.45) is 1.83. The van der Waals surface area contributed by atoms with Crippen molar-refractivity contribution < 1.29 is 9.90 Å². The lowest BCUT2D eigenvalue weighted by molar-refractivity contribution is 0.0239. The van der Waals surface area contributed by atoms with Gasteiger partial charge in [0.2, 0.25) is 5.56 Å². The van der Waals surface area contributed by atoms with Crippen molar-refractivity contribution in [3.05, 3.63) is 70.1 Å². The van der Waals surface area contributed by atoms with Gasteiger partial charge in [0.25, 0.3) is 5.91 Å². The van der Waals surface area contributed by atoms with Gasteiger partial charge in [0.1, 0.15) is 5.69 Å². The molecule has 0 spiro atoms. The molecule has 1 aromatic carbocycles. The molecule has 0 radical (unpaired) electrons. The molecule has 1 saturated carbocycles. The highest BCUT2D eigenvalue weighted by atomic mass is 16.3. The number of carbonyl (C=O) groups is 1. The van der Waals surface area contributed by atoms with Crippen molar-refractivity contribution in [2.45, 2.75) is 31.4 Å². The van der Waals surface area contributed by atoms with Crippen LogP contribution in [0.15, 0.2) is 53.3 Å². The zero-order valence-electron chi connectivity index (χ0n) is 12.7. The van der Waals surface area contributed by atoms with Crippen LogP contribution in [-0.4, -0.2) is 28.1 Å². The molecule has 1 aliphatic carbocycles. The van der Waals surface area contributed by atoms with Crippen LogP contribution in [0.5, 0.6) is 0 Å². The number of nitrogens with one attached hydrogen (secondary N) is 2.